The van der Waals surface area contributed by atoms with Crippen molar-refractivity contribution in [3.63, 3.8) is 0 Å². The van der Waals surface area contributed by atoms with E-state index in [9.17, 15) is 9.59 Å². The van der Waals surface area contributed by atoms with Crippen LogP contribution < -0.4 is 10.7 Å². The Labute approximate surface area is 124 Å². The van der Waals surface area contributed by atoms with Crippen LogP contribution in [0.25, 0.3) is 0 Å². The third kappa shape index (κ3) is 4.41. The van der Waals surface area contributed by atoms with E-state index < -0.39 is 11.8 Å². The molecule has 0 aliphatic heterocycles. The number of amides is 2. The fraction of sp³-hybridized carbons (Fsp3) is 0.438. The summed E-state index contributed by atoms with van der Waals surface area (Å²) in [7, 11) is 0. The summed E-state index contributed by atoms with van der Waals surface area (Å²) in [5.41, 5.74) is 5.01. The molecule has 0 saturated heterocycles. The highest BCUT2D eigenvalue weighted by molar-refractivity contribution is 6.39. The minimum Gasteiger partial charge on any atom is -0.318 e. The Morgan fingerprint density at radius 1 is 1.14 bits per heavy atom. The van der Waals surface area contributed by atoms with E-state index in [1.807, 2.05) is 19.1 Å². The van der Waals surface area contributed by atoms with Gasteiger partial charge in [0.1, 0.15) is 0 Å². The number of carbonyl (C=O) groups is 2. The topological polar surface area (TPSA) is 70.6 Å². The Balaban J connectivity index is 1.89. The molecule has 1 aliphatic rings. The molecule has 0 radical (unpaired) electrons. The Kier molecular flexibility index (Phi) is 5.09. The Bertz CT molecular complexity index is 549. The van der Waals surface area contributed by atoms with Gasteiger partial charge in [-0.05, 0) is 44.2 Å². The lowest BCUT2D eigenvalue weighted by Crippen LogP contribution is -2.34. The smallest absolute Gasteiger partial charge is 0.318 e. The van der Waals surface area contributed by atoms with Crippen LogP contribution in [-0.4, -0.2) is 17.5 Å². The van der Waals surface area contributed by atoms with E-state index in [-0.39, 0.29) is 0 Å². The molecular formula is C16H21N3O2. The average molecular weight is 287 g/mol. The van der Waals surface area contributed by atoms with Gasteiger partial charge in [0.2, 0.25) is 0 Å². The Morgan fingerprint density at radius 3 is 2.52 bits per heavy atom. The van der Waals surface area contributed by atoms with Crippen LogP contribution in [0, 0.1) is 12.8 Å². The number of anilines is 1. The van der Waals surface area contributed by atoms with Gasteiger partial charge in [-0.1, -0.05) is 31.0 Å². The lowest BCUT2D eigenvalue weighted by molar-refractivity contribution is -0.136. The molecule has 21 heavy (non-hydrogen) atoms. The summed E-state index contributed by atoms with van der Waals surface area (Å²) in [5.74, 6) is -1.06. The molecular weight excluding hydrogens is 266 g/mol. The van der Waals surface area contributed by atoms with Gasteiger partial charge in [0.05, 0.1) is 0 Å². The third-order valence-corrected chi connectivity index (χ3v) is 3.71. The van der Waals surface area contributed by atoms with Crippen molar-refractivity contribution in [3.05, 3.63) is 29.8 Å². The van der Waals surface area contributed by atoms with Gasteiger partial charge in [0.25, 0.3) is 0 Å². The maximum absolute atomic E-state index is 11.8. The average Bonchev–Trinajstić information content (AvgIpc) is 2.48. The molecule has 1 atom stereocenters. The number of hydrogen-bond acceptors (Lipinski definition) is 3. The number of nitrogens with one attached hydrogen (secondary N) is 2. The van der Waals surface area contributed by atoms with Crippen molar-refractivity contribution in [1.82, 2.24) is 5.43 Å². The van der Waals surface area contributed by atoms with Gasteiger partial charge in [-0.15, -0.1) is 0 Å². The summed E-state index contributed by atoms with van der Waals surface area (Å²) >= 11 is 0. The van der Waals surface area contributed by atoms with Crippen molar-refractivity contribution in [2.45, 2.75) is 39.5 Å². The first-order valence-corrected chi connectivity index (χ1v) is 7.30. The molecule has 5 heteroatoms. The van der Waals surface area contributed by atoms with Crippen molar-refractivity contribution in [1.29, 1.82) is 0 Å². The van der Waals surface area contributed by atoms with Gasteiger partial charge in [0, 0.05) is 11.4 Å². The second-order valence-electron chi connectivity index (χ2n) is 5.51. The molecule has 0 heterocycles. The van der Waals surface area contributed by atoms with Gasteiger partial charge in [-0.3, -0.25) is 9.59 Å². The van der Waals surface area contributed by atoms with Crippen LogP contribution in [0.4, 0.5) is 5.69 Å². The molecule has 1 aliphatic carbocycles. The highest BCUT2D eigenvalue weighted by Gasteiger charge is 2.18. The van der Waals surface area contributed by atoms with Gasteiger partial charge in [-0.2, -0.15) is 5.10 Å². The number of hydrazone groups is 1. The molecule has 5 nitrogen and oxygen atoms in total. The van der Waals surface area contributed by atoms with Gasteiger partial charge >= 0.3 is 11.8 Å². The monoisotopic (exact) mass is 287 g/mol. The van der Waals surface area contributed by atoms with Crippen LogP contribution in [0.5, 0.6) is 0 Å². The van der Waals surface area contributed by atoms with Crippen LogP contribution in [0.2, 0.25) is 0 Å². The summed E-state index contributed by atoms with van der Waals surface area (Å²) in [5, 5.41) is 6.64. The molecule has 0 bridgehead atoms. The second kappa shape index (κ2) is 7.02. The molecule has 0 spiro atoms. The van der Waals surface area contributed by atoms with Gasteiger partial charge < -0.3 is 5.32 Å². The number of aryl methyl sites for hydroxylation is 1. The lowest BCUT2D eigenvalue weighted by atomic mass is 9.89. The largest absolute Gasteiger partial charge is 0.329 e. The summed E-state index contributed by atoms with van der Waals surface area (Å²) in [6.45, 7) is 4.05. The number of rotatable bonds is 2. The summed E-state index contributed by atoms with van der Waals surface area (Å²) in [4.78, 5) is 23.5. The zero-order valence-corrected chi connectivity index (χ0v) is 12.5. The molecule has 0 unspecified atom stereocenters. The zero-order valence-electron chi connectivity index (χ0n) is 12.5. The first-order valence-electron chi connectivity index (χ1n) is 7.30. The maximum atomic E-state index is 11.8. The SMILES string of the molecule is Cc1ccc(NC(=O)C(=O)N/N=C2/CCCC[C@@H]2C)cc1. The molecule has 0 aromatic heterocycles. The fourth-order valence-electron chi connectivity index (χ4n) is 2.33. The molecule has 2 N–H and O–H groups in total. The summed E-state index contributed by atoms with van der Waals surface area (Å²) in [6, 6.07) is 7.26. The Hall–Kier alpha value is -2.17. The summed E-state index contributed by atoms with van der Waals surface area (Å²) < 4.78 is 0. The number of benzene rings is 1. The van der Waals surface area contributed by atoms with E-state index in [0.29, 0.717) is 11.6 Å². The highest BCUT2D eigenvalue weighted by atomic mass is 16.2. The van der Waals surface area contributed by atoms with E-state index in [1.54, 1.807) is 12.1 Å². The fourth-order valence-corrected chi connectivity index (χ4v) is 2.33. The third-order valence-electron chi connectivity index (χ3n) is 3.71. The Morgan fingerprint density at radius 2 is 1.86 bits per heavy atom. The van der Waals surface area contributed by atoms with E-state index >= 15 is 0 Å². The second-order valence-corrected chi connectivity index (χ2v) is 5.51. The first-order chi connectivity index (χ1) is 10.1. The van der Waals surface area contributed by atoms with E-state index in [0.717, 1.165) is 30.5 Å². The number of hydrogen-bond donors (Lipinski definition) is 2. The molecule has 1 saturated carbocycles. The van der Waals surface area contributed by atoms with E-state index in [1.165, 1.54) is 6.42 Å². The molecule has 112 valence electrons. The molecule has 2 amide bonds. The number of nitrogens with zero attached hydrogens (tertiary/aromatic N) is 1. The van der Waals surface area contributed by atoms with Crippen molar-refractivity contribution >= 4 is 23.2 Å². The first kappa shape index (κ1) is 15.2. The predicted octanol–water partition coefficient (Wildman–Crippen LogP) is 2.62. The molecule has 1 fully saturated rings. The number of carbonyl (C=O) groups excluding carboxylic acids is 2. The minimum atomic E-state index is -0.735. The standard InChI is InChI=1S/C16H21N3O2/c1-11-7-9-13(10-8-11)17-15(20)16(21)19-18-14-6-4-3-5-12(14)2/h7-10,12H,3-6H2,1-2H3,(H,17,20)(H,19,21)/b18-14-/t12-/m0/s1. The van der Waals surface area contributed by atoms with Crippen molar-refractivity contribution < 1.29 is 9.59 Å². The van der Waals surface area contributed by atoms with Gasteiger partial charge in [0.15, 0.2) is 0 Å². The normalized spacial score (nSPS) is 20.1. The highest BCUT2D eigenvalue weighted by Crippen LogP contribution is 2.20. The van der Waals surface area contributed by atoms with Crippen molar-refractivity contribution in [2.24, 2.45) is 11.0 Å². The van der Waals surface area contributed by atoms with Crippen molar-refractivity contribution in [2.75, 3.05) is 5.32 Å². The van der Waals surface area contributed by atoms with Crippen LogP contribution >= 0.6 is 0 Å². The van der Waals surface area contributed by atoms with E-state index in [2.05, 4.69) is 22.8 Å². The predicted molar refractivity (Wildman–Crippen MR) is 83.0 cm³/mol. The summed E-state index contributed by atoms with van der Waals surface area (Å²) in [6.07, 6.45) is 4.27. The van der Waals surface area contributed by atoms with Crippen LogP contribution in [0.1, 0.15) is 38.2 Å². The maximum Gasteiger partial charge on any atom is 0.329 e. The minimum absolute atomic E-state index is 0.374. The molecule has 2 rings (SSSR count). The zero-order chi connectivity index (χ0) is 15.2. The van der Waals surface area contributed by atoms with E-state index in [4.69, 9.17) is 0 Å². The lowest BCUT2D eigenvalue weighted by Gasteiger charge is -2.19. The van der Waals surface area contributed by atoms with Crippen LogP contribution in [0.3, 0.4) is 0 Å². The quantitative estimate of drug-likeness (QED) is 0.648. The van der Waals surface area contributed by atoms with Crippen molar-refractivity contribution in [3.8, 4) is 0 Å². The van der Waals surface area contributed by atoms with Crippen LogP contribution in [-0.2, 0) is 9.59 Å². The van der Waals surface area contributed by atoms with Crippen LogP contribution in [0.15, 0.2) is 29.4 Å². The molecule has 1 aromatic carbocycles. The van der Waals surface area contributed by atoms with Gasteiger partial charge in [-0.25, -0.2) is 5.43 Å². The molecule has 1 aromatic rings.